The standard InChI is InChI=1S/C24H25N5O3/c1-31-19-7-4-17(5-8-19)14-22-26-24(27-32-22)18-6-9-21-20(15-18)25-16-29(21)13-10-23(30)28-11-2-3-12-28/h4-9,15-16H,2-3,10-14H2,1H3. The molecule has 2 aromatic carbocycles. The van der Waals surface area contributed by atoms with E-state index in [0.29, 0.717) is 31.1 Å². The second-order valence-electron chi connectivity index (χ2n) is 8.02. The smallest absolute Gasteiger partial charge is 0.231 e. The average molecular weight is 431 g/mol. The fourth-order valence-electron chi connectivity index (χ4n) is 4.08. The highest BCUT2D eigenvalue weighted by atomic mass is 16.5. The van der Waals surface area contributed by atoms with Gasteiger partial charge in [0, 0.05) is 31.6 Å². The monoisotopic (exact) mass is 431 g/mol. The molecule has 4 aromatic rings. The molecule has 0 unspecified atom stereocenters. The molecule has 2 aromatic heterocycles. The van der Waals surface area contributed by atoms with Crippen LogP contribution < -0.4 is 4.74 Å². The van der Waals surface area contributed by atoms with Crippen molar-refractivity contribution in [2.45, 2.75) is 32.2 Å². The van der Waals surface area contributed by atoms with Crippen LogP contribution in [-0.4, -0.2) is 50.7 Å². The molecular weight excluding hydrogens is 406 g/mol. The van der Waals surface area contributed by atoms with E-state index in [1.54, 1.807) is 13.4 Å². The van der Waals surface area contributed by atoms with Crippen molar-refractivity contribution < 1.29 is 14.1 Å². The van der Waals surface area contributed by atoms with Crippen LogP contribution in [-0.2, 0) is 17.8 Å². The lowest BCUT2D eigenvalue weighted by atomic mass is 10.1. The quantitative estimate of drug-likeness (QED) is 0.444. The van der Waals surface area contributed by atoms with Crippen molar-refractivity contribution in [3.8, 4) is 17.1 Å². The van der Waals surface area contributed by atoms with Crippen LogP contribution in [0.4, 0.5) is 0 Å². The molecule has 1 fully saturated rings. The Morgan fingerprint density at radius 3 is 2.72 bits per heavy atom. The van der Waals surface area contributed by atoms with Gasteiger partial charge in [0.05, 0.1) is 30.9 Å². The normalized spacial score (nSPS) is 13.7. The number of imidazole rings is 1. The third-order valence-electron chi connectivity index (χ3n) is 5.89. The van der Waals surface area contributed by atoms with Gasteiger partial charge < -0.3 is 18.7 Å². The zero-order chi connectivity index (χ0) is 21.9. The van der Waals surface area contributed by atoms with E-state index in [2.05, 4.69) is 15.1 Å². The van der Waals surface area contributed by atoms with Crippen LogP contribution in [0.15, 0.2) is 53.3 Å². The third-order valence-corrected chi connectivity index (χ3v) is 5.89. The lowest BCUT2D eigenvalue weighted by molar-refractivity contribution is -0.130. The number of hydrogen-bond acceptors (Lipinski definition) is 6. The van der Waals surface area contributed by atoms with E-state index in [-0.39, 0.29) is 5.91 Å². The number of likely N-dealkylation sites (tertiary alicyclic amines) is 1. The SMILES string of the molecule is COc1ccc(Cc2nc(-c3ccc4c(c3)ncn4CCC(=O)N3CCCC3)no2)cc1. The predicted octanol–water partition coefficient (Wildman–Crippen LogP) is 3.70. The van der Waals surface area contributed by atoms with Crippen molar-refractivity contribution in [1.29, 1.82) is 0 Å². The van der Waals surface area contributed by atoms with Crippen molar-refractivity contribution in [1.82, 2.24) is 24.6 Å². The largest absolute Gasteiger partial charge is 0.497 e. The number of ether oxygens (including phenoxy) is 1. The molecule has 0 spiro atoms. The van der Waals surface area contributed by atoms with Gasteiger partial charge in [-0.15, -0.1) is 0 Å². The number of carbonyl (C=O) groups is 1. The summed E-state index contributed by atoms with van der Waals surface area (Å²) in [6, 6.07) is 13.7. The van der Waals surface area contributed by atoms with E-state index in [4.69, 9.17) is 9.26 Å². The summed E-state index contributed by atoms with van der Waals surface area (Å²) >= 11 is 0. The Kier molecular flexibility index (Phi) is 5.58. The highest BCUT2D eigenvalue weighted by Crippen LogP contribution is 2.23. The Morgan fingerprint density at radius 1 is 1.12 bits per heavy atom. The summed E-state index contributed by atoms with van der Waals surface area (Å²) in [5, 5.41) is 4.14. The summed E-state index contributed by atoms with van der Waals surface area (Å²) in [6.07, 6.45) is 5.06. The van der Waals surface area contributed by atoms with Crippen LogP contribution in [0.3, 0.4) is 0 Å². The van der Waals surface area contributed by atoms with Gasteiger partial charge in [-0.25, -0.2) is 4.98 Å². The number of hydrogen-bond donors (Lipinski definition) is 0. The highest BCUT2D eigenvalue weighted by Gasteiger charge is 2.18. The minimum absolute atomic E-state index is 0.220. The number of aryl methyl sites for hydroxylation is 1. The first-order chi connectivity index (χ1) is 15.7. The van der Waals surface area contributed by atoms with E-state index >= 15 is 0 Å². The molecule has 0 radical (unpaired) electrons. The van der Waals surface area contributed by atoms with Crippen LogP contribution in [0.1, 0.15) is 30.7 Å². The van der Waals surface area contributed by atoms with Crippen molar-refractivity contribution in [3.63, 3.8) is 0 Å². The summed E-state index contributed by atoms with van der Waals surface area (Å²) < 4.78 is 12.7. The number of benzene rings is 2. The van der Waals surface area contributed by atoms with Gasteiger partial charge in [-0.3, -0.25) is 4.79 Å². The van der Waals surface area contributed by atoms with E-state index in [1.165, 1.54) is 0 Å². The molecule has 164 valence electrons. The summed E-state index contributed by atoms with van der Waals surface area (Å²) in [7, 11) is 1.65. The summed E-state index contributed by atoms with van der Waals surface area (Å²) in [4.78, 5) is 23.3. The fraction of sp³-hybridized carbons (Fsp3) is 0.333. The molecular formula is C24H25N5O3. The van der Waals surface area contributed by atoms with Crippen molar-refractivity contribution >= 4 is 16.9 Å². The Labute approximate surface area is 185 Å². The molecule has 0 atom stereocenters. The summed E-state index contributed by atoms with van der Waals surface area (Å²) in [5.41, 5.74) is 3.75. The first-order valence-corrected chi connectivity index (χ1v) is 10.9. The molecule has 0 aliphatic carbocycles. The average Bonchev–Trinajstić information content (AvgIpc) is 3.59. The molecule has 0 bridgehead atoms. The zero-order valence-corrected chi connectivity index (χ0v) is 18.0. The van der Waals surface area contributed by atoms with Gasteiger partial charge in [0.25, 0.3) is 0 Å². The number of amides is 1. The van der Waals surface area contributed by atoms with Gasteiger partial charge >= 0.3 is 0 Å². The topological polar surface area (TPSA) is 86.3 Å². The maximum Gasteiger partial charge on any atom is 0.231 e. The Morgan fingerprint density at radius 2 is 1.94 bits per heavy atom. The van der Waals surface area contributed by atoms with Gasteiger partial charge in [0.2, 0.25) is 17.6 Å². The van der Waals surface area contributed by atoms with Gasteiger partial charge in [-0.2, -0.15) is 4.98 Å². The predicted molar refractivity (Wildman–Crippen MR) is 119 cm³/mol. The number of methoxy groups -OCH3 is 1. The number of fused-ring (bicyclic) bond motifs is 1. The van der Waals surface area contributed by atoms with Gasteiger partial charge in [0.15, 0.2) is 0 Å². The number of carbonyl (C=O) groups excluding carboxylic acids is 1. The Bertz CT molecular complexity index is 1220. The maximum atomic E-state index is 12.3. The summed E-state index contributed by atoms with van der Waals surface area (Å²) in [5.74, 6) is 2.12. The molecule has 32 heavy (non-hydrogen) atoms. The molecule has 5 rings (SSSR count). The van der Waals surface area contributed by atoms with E-state index in [1.807, 2.05) is 51.9 Å². The Hall–Kier alpha value is -3.68. The third kappa shape index (κ3) is 4.21. The van der Waals surface area contributed by atoms with Crippen LogP contribution >= 0.6 is 0 Å². The second-order valence-corrected chi connectivity index (χ2v) is 8.02. The molecule has 8 nitrogen and oxygen atoms in total. The number of rotatable bonds is 7. The minimum atomic E-state index is 0.220. The molecule has 3 heterocycles. The van der Waals surface area contributed by atoms with Crippen molar-refractivity contribution in [3.05, 3.63) is 60.2 Å². The fourth-order valence-corrected chi connectivity index (χ4v) is 4.08. The van der Waals surface area contributed by atoms with Crippen molar-refractivity contribution in [2.75, 3.05) is 20.2 Å². The molecule has 8 heteroatoms. The number of nitrogens with zero attached hydrogens (tertiary/aromatic N) is 5. The van der Waals surface area contributed by atoms with E-state index in [9.17, 15) is 4.79 Å². The molecule has 1 amide bonds. The van der Waals surface area contributed by atoms with E-state index in [0.717, 1.165) is 53.8 Å². The number of aromatic nitrogens is 4. The zero-order valence-electron chi connectivity index (χ0n) is 18.0. The minimum Gasteiger partial charge on any atom is -0.497 e. The van der Waals surface area contributed by atoms with Gasteiger partial charge in [0.1, 0.15) is 5.75 Å². The molecule has 1 aliphatic heterocycles. The first kappa shape index (κ1) is 20.2. The first-order valence-electron chi connectivity index (χ1n) is 10.9. The maximum absolute atomic E-state index is 12.3. The van der Waals surface area contributed by atoms with E-state index < -0.39 is 0 Å². The van der Waals surface area contributed by atoms with Crippen LogP contribution in [0.25, 0.3) is 22.4 Å². The lowest BCUT2D eigenvalue weighted by Crippen LogP contribution is -2.28. The van der Waals surface area contributed by atoms with Crippen LogP contribution in [0.5, 0.6) is 5.75 Å². The second kappa shape index (κ2) is 8.82. The van der Waals surface area contributed by atoms with Crippen LogP contribution in [0.2, 0.25) is 0 Å². The Balaban J connectivity index is 1.27. The highest BCUT2D eigenvalue weighted by molar-refractivity contribution is 5.81. The lowest BCUT2D eigenvalue weighted by Gasteiger charge is -2.15. The molecule has 0 N–H and O–H groups in total. The van der Waals surface area contributed by atoms with Gasteiger partial charge in [-0.1, -0.05) is 17.3 Å². The van der Waals surface area contributed by atoms with Crippen molar-refractivity contribution in [2.24, 2.45) is 0 Å². The summed E-state index contributed by atoms with van der Waals surface area (Å²) in [6.45, 7) is 2.40. The molecule has 0 saturated carbocycles. The molecule has 1 aliphatic rings. The van der Waals surface area contributed by atoms with Gasteiger partial charge in [-0.05, 0) is 48.7 Å². The van der Waals surface area contributed by atoms with Crippen LogP contribution in [0, 0.1) is 0 Å². The molecule has 1 saturated heterocycles.